The van der Waals surface area contributed by atoms with Crippen LogP contribution in [0.2, 0.25) is 0 Å². The van der Waals surface area contributed by atoms with Gasteiger partial charge < -0.3 is 9.47 Å². The standard InChI is InChI=1S/C12H10N3O6/c1-7-6-20-12(21-7)10(15(18)19)5-9(14(16)17)8-3-2-4-13-11(8)12/h2-5,7H,6H2,1H3/q-1. The summed E-state index contributed by atoms with van der Waals surface area (Å²) in [5, 5.41) is 22.5. The van der Waals surface area contributed by atoms with Crippen molar-refractivity contribution in [2.75, 3.05) is 6.61 Å². The highest BCUT2D eigenvalue weighted by Crippen LogP contribution is 2.48. The molecule has 1 aliphatic carbocycles. The fourth-order valence-electron chi connectivity index (χ4n) is 2.47. The SMILES string of the molecule is CC1COC2(O1)c1ncccc1C([N+](=O)[O-])=C[C-]2[N+](=O)[O-]. The second-order valence-corrected chi connectivity index (χ2v) is 4.68. The first-order chi connectivity index (χ1) is 9.95. The molecule has 0 saturated carbocycles. The summed E-state index contributed by atoms with van der Waals surface area (Å²) >= 11 is 0. The van der Waals surface area contributed by atoms with Crippen molar-refractivity contribution in [1.29, 1.82) is 0 Å². The normalized spacial score (nSPS) is 27.4. The smallest absolute Gasteiger partial charge is 0.234 e. The Hall–Kier alpha value is -2.52. The Kier molecular flexibility index (Phi) is 2.88. The summed E-state index contributed by atoms with van der Waals surface area (Å²) < 4.78 is 11.1. The maximum absolute atomic E-state index is 11.3. The Morgan fingerprint density at radius 3 is 2.81 bits per heavy atom. The Labute approximate surface area is 118 Å². The fraction of sp³-hybridized carbons (Fsp3) is 0.333. The summed E-state index contributed by atoms with van der Waals surface area (Å²) in [6.07, 6.45) is 1.87. The van der Waals surface area contributed by atoms with Crippen molar-refractivity contribution in [1.82, 2.24) is 4.98 Å². The minimum atomic E-state index is -1.79. The van der Waals surface area contributed by atoms with Crippen LogP contribution < -0.4 is 0 Å². The molecule has 0 aromatic carbocycles. The van der Waals surface area contributed by atoms with Crippen LogP contribution in [0.25, 0.3) is 5.70 Å². The second-order valence-electron chi connectivity index (χ2n) is 4.68. The van der Waals surface area contributed by atoms with E-state index in [1.807, 2.05) is 0 Å². The van der Waals surface area contributed by atoms with E-state index in [1.165, 1.54) is 18.3 Å². The van der Waals surface area contributed by atoms with Gasteiger partial charge in [-0.15, -0.1) is 0 Å². The van der Waals surface area contributed by atoms with E-state index >= 15 is 0 Å². The van der Waals surface area contributed by atoms with Gasteiger partial charge in [-0.2, -0.15) is 0 Å². The van der Waals surface area contributed by atoms with Gasteiger partial charge in [0, 0.05) is 6.20 Å². The third kappa shape index (κ3) is 1.86. The Balaban J connectivity index is 2.25. The molecule has 2 heterocycles. The number of ether oxygens (including phenoxy) is 2. The molecule has 9 nitrogen and oxygen atoms in total. The molecule has 1 saturated heterocycles. The molecule has 110 valence electrons. The molecule has 21 heavy (non-hydrogen) atoms. The van der Waals surface area contributed by atoms with E-state index in [0.717, 1.165) is 6.08 Å². The lowest BCUT2D eigenvalue weighted by molar-refractivity contribution is -0.498. The number of hydrogen-bond acceptors (Lipinski definition) is 7. The first-order valence-electron chi connectivity index (χ1n) is 6.11. The predicted octanol–water partition coefficient (Wildman–Crippen LogP) is 1.11. The maximum Gasteiger partial charge on any atom is 0.234 e. The van der Waals surface area contributed by atoms with Gasteiger partial charge in [0.2, 0.25) is 5.79 Å². The second kappa shape index (κ2) is 4.50. The molecule has 1 aromatic heterocycles. The molecule has 0 amide bonds. The summed E-state index contributed by atoms with van der Waals surface area (Å²) in [7, 11) is 0. The Morgan fingerprint density at radius 1 is 1.48 bits per heavy atom. The van der Waals surface area contributed by atoms with Gasteiger partial charge in [0.1, 0.15) is 5.70 Å². The molecule has 1 spiro atoms. The average molecular weight is 292 g/mol. The Morgan fingerprint density at radius 2 is 2.24 bits per heavy atom. The van der Waals surface area contributed by atoms with Crippen molar-refractivity contribution >= 4 is 5.70 Å². The van der Waals surface area contributed by atoms with Crippen molar-refractivity contribution < 1.29 is 19.3 Å². The van der Waals surface area contributed by atoms with E-state index in [4.69, 9.17) is 9.47 Å². The van der Waals surface area contributed by atoms with Crippen molar-refractivity contribution in [2.24, 2.45) is 0 Å². The van der Waals surface area contributed by atoms with Gasteiger partial charge in [-0.25, -0.2) is 0 Å². The largest absolute Gasteiger partial charge is 0.348 e. The van der Waals surface area contributed by atoms with Crippen LogP contribution in [0.3, 0.4) is 0 Å². The predicted molar refractivity (Wildman–Crippen MR) is 67.6 cm³/mol. The van der Waals surface area contributed by atoms with E-state index in [1.54, 1.807) is 6.92 Å². The molecule has 3 rings (SSSR count). The number of hydrogen-bond donors (Lipinski definition) is 0. The zero-order valence-electron chi connectivity index (χ0n) is 10.9. The van der Waals surface area contributed by atoms with Gasteiger partial charge in [0.25, 0.3) is 0 Å². The van der Waals surface area contributed by atoms with E-state index in [9.17, 15) is 20.2 Å². The molecule has 1 aliphatic heterocycles. The average Bonchev–Trinajstić information content (AvgIpc) is 2.81. The molecule has 2 aliphatic rings. The molecular weight excluding hydrogens is 282 g/mol. The summed E-state index contributed by atoms with van der Waals surface area (Å²) in [5.41, 5.74) is -0.209. The Bertz CT molecular complexity index is 660. The molecule has 0 bridgehead atoms. The summed E-state index contributed by atoms with van der Waals surface area (Å²) in [4.78, 5) is 25.1. The monoisotopic (exact) mass is 292 g/mol. The fourth-order valence-corrected chi connectivity index (χ4v) is 2.47. The van der Waals surface area contributed by atoms with E-state index in [-0.39, 0.29) is 24.0 Å². The highest BCUT2D eigenvalue weighted by Gasteiger charge is 2.54. The minimum absolute atomic E-state index is 0.0373. The van der Waals surface area contributed by atoms with Crippen LogP contribution in [0.15, 0.2) is 24.4 Å². The summed E-state index contributed by atoms with van der Waals surface area (Å²) in [5.74, 6) is -1.79. The summed E-state index contributed by atoms with van der Waals surface area (Å²) in [6.45, 7) is 1.83. The van der Waals surface area contributed by atoms with E-state index < -0.39 is 27.4 Å². The molecule has 2 unspecified atom stereocenters. The van der Waals surface area contributed by atoms with Gasteiger partial charge in [0.15, 0.2) is 6.04 Å². The van der Waals surface area contributed by atoms with Crippen LogP contribution in [0, 0.1) is 26.3 Å². The molecule has 0 N–H and O–H groups in total. The van der Waals surface area contributed by atoms with Crippen LogP contribution in [0.5, 0.6) is 0 Å². The van der Waals surface area contributed by atoms with Crippen molar-refractivity contribution in [2.45, 2.75) is 18.8 Å². The number of pyridine rings is 1. The van der Waals surface area contributed by atoms with Gasteiger partial charge in [-0.1, -0.05) is 12.1 Å². The lowest BCUT2D eigenvalue weighted by Crippen LogP contribution is -2.42. The van der Waals surface area contributed by atoms with Crippen LogP contribution in [-0.2, 0) is 15.3 Å². The van der Waals surface area contributed by atoms with Crippen LogP contribution in [-0.4, -0.2) is 27.5 Å². The van der Waals surface area contributed by atoms with E-state index in [2.05, 4.69) is 4.98 Å². The topological polar surface area (TPSA) is 118 Å². The molecule has 9 heteroatoms. The highest BCUT2D eigenvalue weighted by molar-refractivity contribution is 5.67. The quantitative estimate of drug-likeness (QED) is 0.455. The van der Waals surface area contributed by atoms with Gasteiger partial charge in [0.05, 0.1) is 18.4 Å². The molecule has 1 aromatic rings. The zero-order chi connectivity index (χ0) is 15.2. The lowest BCUT2D eigenvalue weighted by Gasteiger charge is -2.37. The number of fused-ring (bicyclic) bond motifs is 2. The number of rotatable bonds is 2. The number of aromatic nitrogens is 1. The molecule has 2 atom stereocenters. The minimum Gasteiger partial charge on any atom is -0.348 e. The van der Waals surface area contributed by atoms with Gasteiger partial charge >= 0.3 is 0 Å². The van der Waals surface area contributed by atoms with Crippen molar-refractivity contribution in [3.05, 3.63) is 61.9 Å². The lowest BCUT2D eigenvalue weighted by atomic mass is 9.90. The van der Waals surface area contributed by atoms with Crippen LogP contribution in [0.1, 0.15) is 18.2 Å². The molecule has 0 radical (unpaired) electrons. The molecule has 1 fully saturated rings. The first kappa shape index (κ1) is 13.5. The van der Waals surface area contributed by atoms with Gasteiger partial charge in [-0.05, 0) is 28.4 Å². The maximum atomic E-state index is 11.3. The number of nitro groups is 2. The first-order valence-corrected chi connectivity index (χ1v) is 6.11. The van der Waals surface area contributed by atoms with Crippen molar-refractivity contribution in [3.63, 3.8) is 0 Å². The van der Waals surface area contributed by atoms with Crippen molar-refractivity contribution in [3.8, 4) is 0 Å². The summed E-state index contributed by atoms with van der Waals surface area (Å²) in [6, 6.07) is 2.44. The molecular formula is C12H10N3O6-. The third-order valence-corrected chi connectivity index (χ3v) is 3.29. The van der Waals surface area contributed by atoms with E-state index in [0.29, 0.717) is 0 Å². The highest BCUT2D eigenvalue weighted by atomic mass is 16.8. The van der Waals surface area contributed by atoms with Crippen LogP contribution >= 0.6 is 0 Å². The van der Waals surface area contributed by atoms with Gasteiger partial charge in [-0.3, -0.25) is 25.2 Å². The zero-order valence-corrected chi connectivity index (χ0v) is 10.9. The van der Waals surface area contributed by atoms with Crippen LogP contribution in [0.4, 0.5) is 0 Å². The number of nitrogens with zero attached hydrogens (tertiary/aromatic N) is 3. The third-order valence-electron chi connectivity index (χ3n) is 3.29.